The maximum atomic E-state index is 12.2. The van der Waals surface area contributed by atoms with Crippen molar-refractivity contribution in [3.63, 3.8) is 0 Å². The third-order valence-electron chi connectivity index (χ3n) is 4.64. The summed E-state index contributed by atoms with van der Waals surface area (Å²) in [7, 11) is 3.11. The number of methoxy groups -OCH3 is 2. The largest absolute Gasteiger partial charge is 0.493 e. The number of hydrogen-bond acceptors (Lipinski definition) is 9. The van der Waals surface area contributed by atoms with Crippen LogP contribution in [-0.2, 0) is 4.74 Å². The van der Waals surface area contributed by atoms with Crippen LogP contribution in [0, 0.1) is 11.3 Å². The molecule has 0 aliphatic carbocycles. The van der Waals surface area contributed by atoms with Crippen LogP contribution in [0.5, 0.6) is 11.5 Å². The maximum absolute atomic E-state index is 12.2. The highest BCUT2D eigenvalue weighted by molar-refractivity contribution is 7.98. The monoisotopic (exact) mass is 464 g/mol. The van der Waals surface area contributed by atoms with Crippen molar-refractivity contribution < 1.29 is 19.0 Å². The first-order chi connectivity index (χ1) is 16.0. The second-order valence-electron chi connectivity index (χ2n) is 6.81. The molecule has 0 unspecified atom stereocenters. The lowest BCUT2D eigenvalue weighted by Crippen LogP contribution is -2.07. The molecule has 0 spiro atoms. The van der Waals surface area contributed by atoms with Crippen LogP contribution >= 0.6 is 11.8 Å². The smallest absolute Gasteiger partial charge is 0.338 e. The van der Waals surface area contributed by atoms with Crippen LogP contribution in [0.4, 0.5) is 11.5 Å². The molecule has 0 atom stereocenters. The Bertz CT molecular complexity index is 1190. The second kappa shape index (κ2) is 11.2. The molecule has 33 heavy (non-hydrogen) atoms. The molecule has 8 nitrogen and oxygen atoms in total. The highest BCUT2D eigenvalue weighted by atomic mass is 32.2. The first-order valence-electron chi connectivity index (χ1n) is 10.2. The number of carbonyl (C=O) groups excluding carboxylic acids is 1. The average Bonchev–Trinajstić information content (AvgIpc) is 2.86. The van der Waals surface area contributed by atoms with E-state index in [0.29, 0.717) is 51.6 Å². The number of carbonyl (C=O) groups is 1. The molecule has 3 aromatic rings. The summed E-state index contributed by atoms with van der Waals surface area (Å²) < 4.78 is 15.9. The van der Waals surface area contributed by atoms with E-state index in [9.17, 15) is 10.1 Å². The lowest BCUT2D eigenvalue weighted by molar-refractivity contribution is 0.0505. The Hall–Kier alpha value is -3.77. The van der Waals surface area contributed by atoms with Crippen LogP contribution in [0.25, 0.3) is 11.3 Å². The van der Waals surface area contributed by atoms with Gasteiger partial charge in [0.15, 0.2) is 22.5 Å². The van der Waals surface area contributed by atoms with Crippen LogP contribution in [0.2, 0.25) is 0 Å². The number of ether oxygens (including phenoxy) is 3. The molecule has 0 fully saturated rings. The number of nitrogens with zero attached hydrogens (tertiary/aromatic N) is 3. The zero-order valence-electron chi connectivity index (χ0n) is 18.8. The number of hydrogen-bond donors (Lipinski definition) is 1. The fraction of sp³-hybridized carbons (Fsp3) is 0.250. The van der Waals surface area contributed by atoms with Gasteiger partial charge in [0, 0.05) is 11.3 Å². The molecular formula is C24H24N4O4S. The van der Waals surface area contributed by atoms with Gasteiger partial charge in [0.2, 0.25) is 0 Å². The number of esters is 1. The van der Waals surface area contributed by atoms with Crippen LogP contribution in [0.3, 0.4) is 0 Å². The van der Waals surface area contributed by atoms with Crippen molar-refractivity contribution in [1.82, 2.24) is 9.97 Å². The molecule has 1 heterocycles. The molecule has 170 valence electrons. The third-order valence-corrected chi connectivity index (χ3v) is 5.19. The van der Waals surface area contributed by atoms with Crippen LogP contribution in [0.15, 0.2) is 47.6 Å². The van der Waals surface area contributed by atoms with Gasteiger partial charge in [0.25, 0.3) is 0 Å². The predicted octanol–water partition coefficient (Wildman–Crippen LogP) is 5.06. The summed E-state index contributed by atoms with van der Waals surface area (Å²) in [6.07, 6.45) is 2.60. The zero-order chi connectivity index (χ0) is 23.8. The number of nitrogens with one attached hydrogen (secondary N) is 1. The number of benzene rings is 2. The minimum atomic E-state index is -0.403. The summed E-state index contributed by atoms with van der Waals surface area (Å²) in [6, 6.07) is 14.4. The number of rotatable bonds is 9. The van der Waals surface area contributed by atoms with Crippen molar-refractivity contribution in [2.24, 2.45) is 0 Å². The van der Waals surface area contributed by atoms with E-state index in [1.54, 1.807) is 50.6 Å². The first kappa shape index (κ1) is 23.9. The Kier molecular flexibility index (Phi) is 8.11. The van der Waals surface area contributed by atoms with Crippen molar-refractivity contribution in [3.8, 4) is 28.8 Å². The SMILES string of the molecule is CCCOC(=O)c1cccc(Nc2nc(SC)nc(-c3ccc(OC)c(OC)c3)c2C#N)c1. The van der Waals surface area contributed by atoms with Gasteiger partial charge in [0.1, 0.15) is 11.6 Å². The van der Waals surface area contributed by atoms with E-state index in [-0.39, 0.29) is 5.56 Å². The lowest BCUT2D eigenvalue weighted by Gasteiger charge is -2.14. The summed E-state index contributed by atoms with van der Waals surface area (Å²) in [5.74, 6) is 1.03. The standard InChI is InChI=1S/C24H24N4O4S/c1-5-11-32-23(29)16-7-6-8-17(12-16)26-22-18(14-25)21(27-24(28-22)33-4)15-9-10-19(30-2)20(13-15)31-3/h6-10,12-13H,5,11H2,1-4H3,(H,26,27,28). The molecule has 0 amide bonds. The number of anilines is 2. The lowest BCUT2D eigenvalue weighted by atomic mass is 10.1. The van der Waals surface area contributed by atoms with E-state index in [1.807, 2.05) is 19.2 Å². The number of thioether (sulfide) groups is 1. The molecular weight excluding hydrogens is 440 g/mol. The van der Waals surface area contributed by atoms with E-state index >= 15 is 0 Å². The van der Waals surface area contributed by atoms with Gasteiger partial charge in [-0.1, -0.05) is 24.8 Å². The summed E-state index contributed by atoms with van der Waals surface area (Å²) in [5, 5.41) is 13.6. The van der Waals surface area contributed by atoms with Gasteiger partial charge in [-0.25, -0.2) is 14.8 Å². The first-order valence-corrected chi connectivity index (χ1v) is 11.4. The molecule has 2 aromatic carbocycles. The molecule has 0 bridgehead atoms. The molecule has 0 aliphatic rings. The Morgan fingerprint density at radius 2 is 1.91 bits per heavy atom. The topological polar surface area (TPSA) is 106 Å². The molecule has 3 rings (SSSR count). The van der Waals surface area contributed by atoms with Gasteiger partial charge in [-0.05, 0) is 49.1 Å². The third kappa shape index (κ3) is 5.54. The molecule has 1 N–H and O–H groups in total. The highest BCUT2D eigenvalue weighted by Gasteiger charge is 2.18. The van der Waals surface area contributed by atoms with Crippen molar-refractivity contribution in [2.45, 2.75) is 18.5 Å². The second-order valence-corrected chi connectivity index (χ2v) is 7.58. The predicted molar refractivity (Wildman–Crippen MR) is 127 cm³/mol. The Labute approximate surface area is 196 Å². The normalized spacial score (nSPS) is 10.3. The van der Waals surface area contributed by atoms with E-state index in [1.165, 1.54) is 11.8 Å². The molecule has 0 saturated carbocycles. The molecule has 1 aromatic heterocycles. The summed E-state index contributed by atoms with van der Waals surface area (Å²) in [5.41, 5.74) is 2.41. The Morgan fingerprint density at radius 3 is 2.58 bits per heavy atom. The average molecular weight is 465 g/mol. The van der Waals surface area contributed by atoms with Crippen molar-refractivity contribution in [1.29, 1.82) is 5.26 Å². The number of nitriles is 1. The van der Waals surface area contributed by atoms with Gasteiger partial charge < -0.3 is 19.5 Å². The quantitative estimate of drug-likeness (QED) is 0.264. The Morgan fingerprint density at radius 1 is 1.12 bits per heavy atom. The summed E-state index contributed by atoms with van der Waals surface area (Å²) in [4.78, 5) is 21.3. The van der Waals surface area contributed by atoms with Crippen LogP contribution < -0.4 is 14.8 Å². The van der Waals surface area contributed by atoms with E-state index in [0.717, 1.165) is 6.42 Å². The van der Waals surface area contributed by atoms with Gasteiger partial charge in [-0.3, -0.25) is 0 Å². The van der Waals surface area contributed by atoms with Crippen LogP contribution in [-0.4, -0.2) is 43.0 Å². The van der Waals surface area contributed by atoms with Gasteiger partial charge in [-0.15, -0.1) is 0 Å². The molecule has 0 radical (unpaired) electrons. The molecule has 0 saturated heterocycles. The van der Waals surface area contributed by atoms with Gasteiger partial charge >= 0.3 is 5.97 Å². The molecule has 9 heteroatoms. The zero-order valence-corrected chi connectivity index (χ0v) is 19.7. The highest BCUT2D eigenvalue weighted by Crippen LogP contribution is 2.35. The van der Waals surface area contributed by atoms with E-state index in [2.05, 4.69) is 21.4 Å². The number of aromatic nitrogens is 2. The van der Waals surface area contributed by atoms with Gasteiger partial charge in [0.05, 0.1) is 32.1 Å². The molecule has 0 aliphatic heterocycles. The van der Waals surface area contributed by atoms with Crippen molar-refractivity contribution >= 4 is 29.2 Å². The fourth-order valence-electron chi connectivity index (χ4n) is 3.06. The summed E-state index contributed by atoms with van der Waals surface area (Å²) in [6.45, 7) is 2.29. The van der Waals surface area contributed by atoms with Gasteiger partial charge in [-0.2, -0.15) is 5.26 Å². The maximum Gasteiger partial charge on any atom is 0.338 e. The minimum absolute atomic E-state index is 0.263. The van der Waals surface area contributed by atoms with Crippen molar-refractivity contribution in [3.05, 3.63) is 53.6 Å². The van der Waals surface area contributed by atoms with E-state index in [4.69, 9.17) is 14.2 Å². The fourth-order valence-corrected chi connectivity index (χ4v) is 3.42. The summed E-state index contributed by atoms with van der Waals surface area (Å²) >= 11 is 1.35. The Balaban J connectivity index is 2.04. The van der Waals surface area contributed by atoms with E-state index < -0.39 is 5.97 Å². The van der Waals surface area contributed by atoms with Crippen LogP contribution in [0.1, 0.15) is 29.3 Å². The minimum Gasteiger partial charge on any atom is -0.493 e. The van der Waals surface area contributed by atoms with Crippen molar-refractivity contribution in [2.75, 3.05) is 32.4 Å².